The molecule has 1 aromatic rings. The summed E-state index contributed by atoms with van der Waals surface area (Å²) in [6.07, 6.45) is 4.22. The average Bonchev–Trinajstić information content (AvgIpc) is 2.70. The van der Waals surface area contributed by atoms with E-state index in [0.29, 0.717) is 0 Å². The first-order chi connectivity index (χ1) is 8.31. The van der Waals surface area contributed by atoms with Crippen molar-refractivity contribution in [3.63, 3.8) is 0 Å². The number of allylic oxidation sites excluding steroid dienone is 1. The molecule has 2 heterocycles. The van der Waals surface area contributed by atoms with Crippen molar-refractivity contribution in [1.82, 2.24) is 14.8 Å². The number of aryl methyl sites for hydroxylation is 1. The number of nitrogens with zero attached hydrogens (tertiary/aromatic N) is 3. The molecule has 0 aliphatic carbocycles. The van der Waals surface area contributed by atoms with Gasteiger partial charge in [0, 0.05) is 25.5 Å². The van der Waals surface area contributed by atoms with Crippen molar-refractivity contribution in [1.29, 1.82) is 0 Å². The number of aromatic nitrogens is 3. The molecule has 0 aromatic carbocycles. The SMILES string of the molecule is C=CCn1c(C)nnc1SCC1CCOCC1. The zero-order valence-corrected chi connectivity index (χ0v) is 11.1. The molecule has 2 rings (SSSR count). The van der Waals surface area contributed by atoms with Crippen LogP contribution in [0, 0.1) is 12.8 Å². The van der Waals surface area contributed by atoms with Crippen LogP contribution >= 0.6 is 11.8 Å². The molecule has 0 spiro atoms. The van der Waals surface area contributed by atoms with E-state index < -0.39 is 0 Å². The van der Waals surface area contributed by atoms with Crippen LogP contribution in [-0.2, 0) is 11.3 Å². The predicted molar refractivity (Wildman–Crippen MR) is 69.2 cm³/mol. The van der Waals surface area contributed by atoms with Gasteiger partial charge in [0.2, 0.25) is 0 Å². The fourth-order valence-corrected chi connectivity index (χ4v) is 3.09. The quantitative estimate of drug-likeness (QED) is 0.596. The summed E-state index contributed by atoms with van der Waals surface area (Å²) in [6.45, 7) is 8.35. The summed E-state index contributed by atoms with van der Waals surface area (Å²) < 4.78 is 7.47. The molecular weight excluding hydrogens is 234 g/mol. The Labute approximate surface area is 106 Å². The monoisotopic (exact) mass is 253 g/mol. The van der Waals surface area contributed by atoms with Crippen molar-refractivity contribution in [2.45, 2.75) is 31.5 Å². The summed E-state index contributed by atoms with van der Waals surface area (Å²) in [5.41, 5.74) is 0. The van der Waals surface area contributed by atoms with Gasteiger partial charge in [-0.3, -0.25) is 0 Å². The van der Waals surface area contributed by atoms with Crippen molar-refractivity contribution in [2.24, 2.45) is 5.92 Å². The van der Waals surface area contributed by atoms with Crippen LogP contribution in [0.5, 0.6) is 0 Å². The number of rotatable bonds is 5. The highest BCUT2D eigenvalue weighted by molar-refractivity contribution is 7.99. The van der Waals surface area contributed by atoms with Gasteiger partial charge in [0.25, 0.3) is 0 Å². The topological polar surface area (TPSA) is 39.9 Å². The van der Waals surface area contributed by atoms with Gasteiger partial charge in [-0.1, -0.05) is 17.8 Å². The van der Waals surface area contributed by atoms with Crippen molar-refractivity contribution in [2.75, 3.05) is 19.0 Å². The number of ether oxygens (including phenoxy) is 1. The molecular formula is C12H19N3OS. The van der Waals surface area contributed by atoms with E-state index in [0.717, 1.165) is 42.4 Å². The summed E-state index contributed by atoms with van der Waals surface area (Å²) in [6, 6.07) is 0. The molecule has 0 saturated carbocycles. The molecule has 0 bridgehead atoms. The predicted octanol–water partition coefficient (Wildman–Crippen LogP) is 2.29. The van der Waals surface area contributed by atoms with Crippen LogP contribution in [0.15, 0.2) is 17.8 Å². The second kappa shape index (κ2) is 6.21. The molecule has 1 aromatic heterocycles. The standard InChI is InChI=1S/C12H19N3OS/c1-3-6-15-10(2)13-14-12(15)17-9-11-4-7-16-8-5-11/h3,11H,1,4-9H2,2H3. The molecule has 0 amide bonds. The lowest BCUT2D eigenvalue weighted by Crippen LogP contribution is -2.17. The van der Waals surface area contributed by atoms with E-state index in [-0.39, 0.29) is 0 Å². The lowest BCUT2D eigenvalue weighted by molar-refractivity contribution is 0.0727. The highest BCUT2D eigenvalue weighted by Crippen LogP contribution is 2.25. The molecule has 17 heavy (non-hydrogen) atoms. The van der Waals surface area contributed by atoms with Crippen LogP contribution in [-0.4, -0.2) is 33.7 Å². The maximum absolute atomic E-state index is 5.36. The molecule has 0 unspecified atom stereocenters. The van der Waals surface area contributed by atoms with Crippen LogP contribution in [0.2, 0.25) is 0 Å². The molecule has 1 fully saturated rings. The van der Waals surface area contributed by atoms with Gasteiger partial charge in [-0.15, -0.1) is 16.8 Å². The van der Waals surface area contributed by atoms with E-state index in [2.05, 4.69) is 21.3 Å². The summed E-state index contributed by atoms with van der Waals surface area (Å²) in [4.78, 5) is 0. The number of hydrogen-bond donors (Lipinski definition) is 0. The Balaban J connectivity index is 1.91. The van der Waals surface area contributed by atoms with E-state index in [1.165, 1.54) is 12.8 Å². The Morgan fingerprint density at radius 3 is 2.94 bits per heavy atom. The van der Waals surface area contributed by atoms with Crippen LogP contribution in [0.1, 0.15) is 18.7 Å². The fourth-order valence-electron chi connectivity index (χ4n) is 1.91. The Kier molecular flexibility index (Phi) is 4.62. The molecule has 0 atom stereocenters. The Bertz CT molecular complexity index is 372. The zero-order valence-electron chi connectivity index (χ0n) is 10.3. The van der Waals surface area contributed by atoms with Gasteiger partial charge in [-0.25, -0.2) is 0 Å². The highest BCUT2D eigenvalue weighted by atomic mass is 32.2. The number of hydrogen-bond acceptors (Lipinski definition) is 4. The smallest absolute Gasteiger partial charge is 0.191 e. The highest BCUT2D eigenvalue weighted by Gasteiger charge is 2.16. The maximum atomic E-state index is 5.36. The third kappa shape index (κ3) is 3.33. The summed E-state index contributed by atoms with van der Waals surface area (Å²) in [7, 11) is 0. The third-order valence-corrected chi connectivity index (χ3v) is 4.20. The fraction of sp³-hybridized carbons (Fsp3) is 0.667. The van der Waals surface area contributed by atoms with Crippen LogP contribution in [0.25, 0.3) is 0 Å². The van der Waals surface area contributed by atoms with Crippen molar-refractivity contribution in [3.8, 4) is 0 Å². The second-order valence-corrected chi connectivity index (χ2v) is 5.28. The van der Waals surface area contributed by atoms with E-state index in [1.807, 2.05) is 13.0 Å². The molecule has 1 aliphatic heterocycles. The van der Waals surface area contributed by atoms with Crippen LogP contribution in [0.3, 0.4) is 0 Å². The minimum Gasteiger partial charge on any atom is -0.381 e. The molecule has 4 nitrogen and oxygen atoms in total. The Hall–Kier alpha value is -0.810. The first kappa shape index (κ1) is 12.6. The average molecular weight is 253 g/mol. The van der Waals surface area contributed by atoms with E-state index in [4.69, 9.17) is 4.74 Å². The van der Waals surface area contributed by atoms with E-state index >= 15 is 0 Å². The summed E-state index contributed by atoms with van der Waals surface area (Å²) >= 11 is 1.80. The zero-order chi connectivity index (χ0) is 12.1. The number of thioether (sulfide) groups is 1. The van der Waals surface area contributed by atoms with Gasteiger partial charge >= 0.3 is 0 Å². The van der Waals surface area contributed by atoms with Crippen molar-refractivity contribution in [3.05, 3.63) is 18.5 Å². The van der Waals surface area contributed by atoms with Crippen molar-refractivity contribution < 1.29 is 4.74 Å². The molecule has 1 aliphatic rings. The van der Waals surface area contributed by atoms with Gasteiger partial charge in [0.05, 0.1) is 0 Å². The molecule has 94 valence electrons. The first-order valence-electron chi connectivity index (χ1n) is 6.02. The minimum atomic E-state index is 0.753. The van der Waals surface area contributed by atoms with E-state index in [1.54, 1.807) is 11.8 Å². The van der Waals surface area contributed by atoms with Gasteiger partial charge in [-0.2, -0.15) is 0 Å². The third-order valence-electron chi connectivity index (χ3n) is 3.00. The van der Waals surface area contributed by atoms with Gasteiger partial charge in [0.1, 0.15) is 5.82 Å². The van der Waals surface area contributed by atoms with Gasteiger partial charge < -0.3 is 9.30 Å². The summed E-state index contributed by atoms with van der Waals surface area (Å²) in [5.74, 6) is 2.82. The Morgan fingerprint density at radius 2 is 2.24 bits per heavy atom. The normalized spacial score (nSPS) is 17.2. The van der Waals surface area contributed by atoms with Gasteiger partial charge in [0.15, 0.2) is 5.16 Å². The lowest BCUT2D eigenvalue weighted by atomic mass is 10.0. The summed E-state index contributed by atoms with van der Waals surface area (Å²) in [5, 5.41) is 9.34. The molecule has 0 radical (unpaired) electrons. The van der Waals surface area contributed by atoms with Crippen molar-refractivity contribution >= 4 is 11.8 Å². The first-order valence-corrected chi connectivity index (χ1v) is 7.01. The van der Waals surface area contributed by atoms with Crippen LogP contribution in [0.4, 0.5) is 0 Å². The molecule has 1 saturated heterocycles. The van der Waals surface area contributed by atoms with Gasteiger partial charge in [-0.05, 0) is 25.7 Å². The van der Waals surface area contributed by atoms with Crippen LogP contribution < -0.4 is 0 Å². The van der Waals surface area contributed by atoms with E-state index in [9.17, 15) is 0 Å². The molecule has 5 heteroatoms. The lowest BCUT2D eigenvalue weighted by Gasteiger charge is -2.21. The molecule has 0 N–H and O–H groups in total. The Morgan fingerprint density at radius 1 is 1.47 bits per heavy atom. The maximum Gasteiger partial charge on any atom is 0.191 e. The second-order valence-electron chi connectivity index (χ2n) is 4.30. The minimum absolute atomic E-state index is 0.753. The largest absolute Gasteiger partial charge is 0.381 e.